The first-order chi connectivity index (χ1) is 6.68. The third-order valence-electron chi connectivity index (χ3n) is 2.35. The Kier molecular flexibility index (Phi) is 1.99. The summed E-state index contributed by atoms with van der Waals surface area (Å²) in [6.45, 7) is 0.676. The monoisotopic (exact) mass is 193 g/mol. The van der Waals surface area contributed by atoms with Crippen LogP contribution in [0, 0.1) is 0 Å². The van der Waals surface area contributed by atoms with Gasteiger partial charge < -0.3 is 15.6 Å². The number of rotatable bonds is 1. The predicted octanol–water partition coefficient (Wildman–Crippen LogP) is -0.509. The highest BCUT2D eigenvalue weighted by molar-refractivity contribution is 5.82. The molecule has 1 amide bonds. The normalized spacial score (nSPS) is 20.9. The van der Waals surface area contributed by atoms with Crippen LogP contribution in [0.4, 0.5) is 5.69 Å². The summed E-state index contributed by atoms with van der Waals surface area (Å²) >= 11 is 0. The molecule has 74 valence electrons. The molecule has 1 fully saturated rings. The van der Waals surface area contributed by atoms with Crippen LogP contribution in [0.5, 0.6) is 0 Å². The zero-order valence-electron chi connectivity index (χ0n) is 7.56. The summed E-state index contributed by atoms with van der Waals surface area (Å²) in [5.41, 5.74) is 5.43. The first-order valence-corrected chi connectivity index (χ1v) is 4.43. The highest BCUT2D eigenvalue weighted by Gasteiger charge is 2.24. The summed E-state index contributed by atoms with van der Waals surface area (Å²) in [6.07, 6.45) is 3.84. The van der Waals surface area contributed by atoms with Crippen molar-refractivity contribution in [2.45, 2.75) is 12.5 Å². The van der Waals surface area contributed by atoms with Crippen LogP contribution >= 0.6 is 0 Å². The van der Waals surface area contributed by atoms with Crippen molar-refractivity contribution in [2.75, 3.05) is 12.3 Å². The molecule has 1 unspecified atom stereocenters. The van der Waals surface area contributed by atoms with E-state index in [0.29, 0.717) is 6.54 Å². The van der Waals surface area contributed by atoms with Gasteiger partial charge in [0.1, 0.15) is 6.04 Å². The highest BCUT2D eigenvalue weighted by atomic mass is 16.2. The Labute approximate surface area is 80.5 Å². The summed E-state index contributed by atoms with van der Waals surface area (Å²) in [5.74, 6) is -0.0203. The van der Waals surface area contributed by atoms with Crippen molar-refractivity contribution in [3.63, 3.8) is 0 Å². The van der Waals surface area contributed by atoms with Gasteiger partial charge in [-0.2, -0.15) is 0 Å². The van der Waals surface area contributed by atoms with Gasteiger partial charge in [-0.3, -0.25) is 9.59 Å². The molecule has 0 aromatic carbocycles. The molecule has 3 N–H and O–H groups in total. The van der Waals surface area contributed by atoms with Gasteiger partial charge in [0.25, 0.3) is 0 Å². The average molecular weight is 193 g/mol. The van der Waals surface area contributed by atoms with Crippen LogP contribution in [-0.2, 0) is 4.79 Å². The third kappa shape index (κ3) is 1.37. The molecule has 0 radical (unpaired) electrons. The minimum absolute atomic E-state index is 0.0203. The lowest BCUT2D eigenvalue weighted by molar-refractivity contribution is -0.121. The van der Waals surface area contributed by atoms with E-state index in [2.05, 4.69) is 5.32 Å². The predicted molar refractivity (Wildman–Crippen MR) is 51.8 cm³/mol. The Morgan fingerprint density at radius 3 is 2.86 bits per heavy atom. The summed E-state index contributed by atoms with van der Waals surface area (Å²) in [4.78, 5) is 22.3. The Balaban J connectivity index is 2.37. The van der Waals surface area contributed by atoms with Crippen LogP contribution in [0.1, 0.15) is 12.5 Å². The van der Waals surface area contributed by atoms with E-state index in [0.717, 1.165) is 6.42 Å². The van der Waals surface area contributed by atoms with Gasteiger partial charge in [-0.1, -0.05) is 0 Å². The molecular weight excluding hydrogens is 182 g/mol. The number of aromatic nitrogens is 1. The number of nitrogens with one attached hydrogen (secondary N) is 1. The molecule has 1 aromatic rings. The molecule has 14 heavy (non-hydrogen) atoms. The Morgan fingerprint density at radius 2 is 2.29 bits per heavy atom. The Hall–Kier alpha value is -1.78. The number of nitrogens with zero attached hydrogens (tertiary/aromatic N) is 1. The zero-order chi connectivity index (χ0) is 10.1. The number of carbonyl (C=O) groups is 1. The maximum Gasteiger partial charge on any atom is 0.243 e. The molecule has 0 spiro atoms. The molecule has 5 heteroatoms. The summed E-state index contributed by atoms with van der Waals surface area (Å²) in [6, 6.07) is 1.15. The van der Waals surface area contributed by atoms with Crippen LogP contribution in [0.25, 0.3) is 0 Å². The van der Waals surface area contributed by atoms with E-state index in [-0.39, 0.29) is 23.1 Å². The van der Waals surface area contributed by atoms with Gasteiger partial charge in [-0.05, 0) is 6.42 Å². The van der Waals surface area contributed by atoms with Crippen molar-refractivity contribution in [3.05, 3.63) is 28.7 Å². The second-order valence-corrected chi connectivity index (χ2v) is 3.31. The SMILES string of the molecule is Nc1cn(C2CCNC2=O)ccc1=O. The molecule has 1 aromatic heterocycles. The maximum atomic E-state index is 11.3. The number of carbonyl (C=O) groups excluding carboxylic acids is 1. The maximum absolute atomic E-state index is 11.3. The largest absolute Gasteiger partial charge is 0.394 e. The molecule has 1 aliphatic rings. The molecule has 2 rings (SSSR count). The highest BCUT2D eigenvalue weighted by Crippen LogP contribution is 2.15. The molecule has 2 heterocycles. The molecular formula is C9H11N3O2. The van der Waals surface area contributed by atoms with E-state index in [1.165, 1.54) is 12.3 Å². The molecule has 0 aliphatic carbocycles. The van der Waals surface area contributed by atoms with Crippen LogP contribution < -0.4 is 16.5 Å². The van der Waals surface area contributed by atoms with Crippen molar-refractivity contribution in [1.82, 2.24) is 9.88 Å². The first kappa shape index (κ1) is 8.80. The minimum Gasteiger partial charge on any atom is -0.394 e. The fourth-order valence-corrected chi connectivity index (χ4v) is 1.58. The van der Waals surface area contributed by atoms with Gasteiger partial charge in [-0.15, -0.1) is 0 Å². The summed E-state index contributed by atoms with van der Waals surface area (Å²) < 4.78 is 1.68. The lowest BCUT2D eigenvalue weighted by atomic mass is 10.2. The van der Waals surface area contributed by atoms with Crippen molar-refractivity contribution in [2.24, 2.45) is 0 Å². The quantitative estimate of drug-likeness (QED) is 0.630. The number of nitrogens with two attached hydrogens (primary N) is 1. The lowest BCUT2D eigenvalue weighted by Gasteiger charge is -2.11. The van der Waals surface area contributed by atoms with E-state index in [1.54, 1.807) is 10.8 Å². The van der Waals surface area contributed by atoms with E-state index < -0.39 is 0 Å². The number of nitrogen functional groups attached to an aromatic ring is 1. The third-order valence-corrected chi connectivity index (χ3v) is 2.35. The fourth-order valence-electron chi connectivity index (χ4n) is 1.58. The number of hydrogen-bond acceptors (Lipinski definition) is 3. The number of pyridine rings is 1. The van der Waals surface area contributed by atoms with Crippen molar-refractivity contribution < 1.29 is 4.79 Å². The lowest BCUT2D eigenvalue weighted by Crippen LogP contribution is -2.23. The molecule has 1 saturated heterocycles. The zero-order valence-corrected chi connectivity index (χ0v) is 7.56. The first-order valence-electron chi connectivity index (χ1n) is 4.43. The topological polar surface area (TPSA) is 77.1 Å². The minimum atomic E-state index is -0.224. The standard InChI is InChI=1S/C9H11N3O2/c10-6-5-12(4-2-8(6)13)7-1-3-11-9(7)14/h2,4-5,7H,1,3,10H2,(H,11,14). The van der Waals surface area contributed by atoms with Gasteiger partial charge in [0.05, 0.1) is 5.69 Å². The van der Waals surface area contributed by atoms with Crippen molar-refractivity contribution >= 4 is 11.6 Å². The molecule has 0 saturated carbocycles. The molecule has 1 atom stereocenters. The second kappa shape index (κ2) is 3.17. The van der Waals surface area contributed by atoms with Crippen LogP contribution in [0.2, 0.25) is 0 Å². The summed E-state index contributed by atoms with van der Waals surface area (Å²) in [5, 5.41) is 2.72. The van der Waals surface area contributed by atoms with Gasteiger partial charge in [0.2, 0.25) is 11.3 Å². The number of hydrogen-bond donors (Lipinski definition) is 2. The van der Waals surface area contributed by atoms with Gasteiger partial charge >= 0.3 is 0 Å². The van der Waals surface area contributed by atoms with E-state index in [9.17, 15) is 9.59 Å². The smallest absolute Gasteiger partial charge is 0.243 e. The molecule has 5 nitrogen and oxygen atoms in total. The van der Waals surface area contributed by atoms with Gasteiger partial charge in [0.15, 0.2) is 0 Å². The van der Waals surface area contributed by atoms with Crippen LogP contribution in [0.15, 0.2) is 23.3 Å². The van der Waals surface area contributed by atoms with Crippen LogP contribution in [-0.4, -0.2) is 17.0 Å². The molecule has 0 bridgehead atoms. The number of anilines is 1. The van der Waals surface area contributed by atoms with E-state index in [1.807, 2.05) is 0 Å². The number of amides is 1. The van der Waals surface area contributed by atoms with E-state index in [4.69, 9.17) is 5.73 Å². The van der Waals surface area contributed by atoms with Gasteiger partial charge in [-0.25, -0.2) is 0 Å². The van der Waals surface area contributed by atoms with Gasteiger partial charge in [0, 0.05) is 25.0 Å². The fraction of sp³-hybridized carbons (Fsp3) is 0.333. The van der Waals surface area contributed by atoms with Crippen LogP contribution in [0.3, 0.4) is 0 Å². The Morgan fingerprint density at radius 1 is 1.50 bits per heavy atom. The van der Waals surface area contributed by atoms with Crippen molar-refractivity contribution in [1.29, 1.82) is 0 Å². The summed E-state index contributed by atoms with van der Waals surface area (Å²) in [7, 11) is 0. The second-order valence-electron chi connectivity index (χ2n) is 3.31. The average Bonchev–Trinajstić information content (AvgIpc) is 2.57. The van der Waals surface area contributed by atoms with Crippen molar-refractivity contribution in [3.8, 4) is 0 Å². The van der Waals surface area contributed by atoms with E-state index >= 15 is 0 Å². The molecule has 1 aliphatic heterocycles. The Bertz CT molecular complexity index is 424.